The van der Waals surface area contributed by atoms with Gasteiger partial charge in [0, 0.05) is 37.3 Å². The Hall–Kier alpha value is -1.52. The summed E-state index contributed by atoms with van der Waals surface area (Å²) in [6.07, 6.45) is 2.74. The molecule has 0 saturated carbocycles. The van der Waals surface area contributed by atoms with Gasteiger partial charge in [0.15, 0.2) is 0 Å². The van der Waals surface area contributed by atoms with Crippen molar-refractivity contribution >= 4 is 10.9 Å². The van der Waals surface area contributed by atoms with E-state index < -0.39 is 0 Å². The van der Waals surface area contributed by atoms with Gasteiger partial charge in [0.1, 0.15) is 5.82 Å². The first-order valence-corrected chi connectivity index (χ1v) is 6.24. The van der Waals surface area contributed by atoms with E-state index >= 15 is 0 Å². The molecule has 3 nitrogen and oxygen atoms in total. The number of halogens is 1. The maximum absolute atomic E-state index is 13.7. The summed E-state index contributed by atoms with van der Waals surface area (Å²) >= 11 is 0. The van der Waals surface area contributed by atoms with Crippen molar-refractivity contribution in [3.05, 3.63) is 41.8 Å². The van der Waals surface area contributed by atoms with E-state index in [2.05, 4.69) is 9.88 Å². The maximum Gasteiger partial charge on any atom is 0.132 e. The Bertz CT molecular complexity index is 570. The van der Waals surface area contributed by atoms with Crippen molar-refractivity contribution in [1.29, 1.82) is 0 Å². The van der Waals surface area contributed by atoms with Gasteiger partial charge < -0.3 is 5.73 Å². The molecular weight excluding hydrogens is 229 g/mol. The normalized spacial score (nSPS) is 20.7. The van der Waals surface area contributed by atoms with Gasteiger partial charge in [-0.15, -0.1) is 0 Å². The van der Waals surface area contributed by atoms with E-state index in [1.165, 1.54) is 6.07 Å². The molecule has 1 fully saturated rings. The number of hydrogen-bond donors (Lipinski definition) is 1. The number of pyridine rings is 1. The van der Waals surface area contributed by atoms with Crippen LogP contribution in [0, 0.1) is 5.82 Å². The zero-order chi connectivity index (χ0) is 12.5. The zero-order valence-electron chi connectivity index (χ0n) is 10.1. The van der Waals surface area contributed by atoms with E-state index in [0.29, 0.717) is 5.39 Å². The van der Waals surface area contributed by atoms with Gasteiger partial charge in [-0.2, -0.15) is 0 Å². The molecule has 0 spiro atoms. The van der Waals surface area contributed by atoms with Crippen LogP contribution in [0.3, 0.4) is 0 Å². The SMILES string of the molecule is N[C@H]1CCN(Cc2ccc(F)c3cccnc23)C1. The number of likely N-dealkylation sites (tertiary alicyclic amines) is 1. The van der Waals surface area contributed by atoms with E-state index in [1.54, 1.807) is 18.3 Å². The molecule has 0 radical (unpaired) electrons. The number of nitrogens with two attached hydrogens (primary N) is 1. The van der Waals surface area contributed by atoms with Crippen LogP contribution in [0.4, 0.5) is 4.39 Å². The molecular formula is C14H16FN3. The highest BCUT2D eigenvalue weighted by Crippen LogP contribution is 2.22. The van der Waals surface area contributed by atoms with Crippen LogP contribution >= 0.6 is 0 Å². The third-order valence-corrected chi connectivity index (χ3v) is 3.50. The van der Waals surface area contributed by atoms with Crippen molar-refractivity contribution in [2.24, 2.45) is 5.73 Å². The summed E-state index contributed by atoms with van der Waals surface area (Å²) in [7, 11) is 0. The molecule has 2 N–H and O–H groups in total. The number of nitrogens with zero attached hydrogens (tertiary/aromatic N) is 2. The Morgan fingerprint density at radius 1 is 1.39 bits per heavy atom. The van der Waals surface area contributed by atoms with Crippen molar-refractivity contribution < 1.29 is 4.39 Å². The molecule has 3 rings (SSSR count). The molecule has 1 aliphatic heterocycles. The lowest BCUT2D eigenvalue weighted by molar-refractivity contribution is 0.328. The monoisotopic (exact) mass is 245 g/mol. The van der Waals surface area contributed by atoms with Gasteiger partial charge in [0.25, 0.3) is 0 Å². The molecule has 1 atom stereocenters. The first-order valence-electron chi connectivity index (χ1n) is 6.24. The van der Waals surface area contributed by atoms with Crippen molar-refractivity contribution in [2.45, 2.75) is 19.0 Å². The summed E-state index contributed by atoms with van der Waals surface area (Å²) in [6, 6.07) is 7.16. The first-order chi connectivity index (χ1) is 8.74. The molecule has 1 saturated heterocycles. The van der Waals surface area contributed by atoms with Crippen molar-refractivity contribution in [2.75, 3.05) is 13.1 Å². The fraction of sp³-hybridized carbons (Fsp3) is 0.357. The van der Waals surface area contributed by atoms with E-state index in [0.717, 1.165) is 37.1 Å². The molecule has 2 aromatic rings. The molecule has 0 unspecified atom stereocenters. The predicted molar refractivity (Wildman–Crippen MR) is 69.6 cm³/mol. The van der Waals surface area contributed by atoms with E-state index in [9.17, 15) is 4.39 Å². The lowest BCUT2D eigenvalue weighted by atomic mass is 10.1. The summed E-state index contributed by atoms with van der Waals surface area (Å²) in [5.74, 6) is -0.208. The number of hydrogen-bond acceptors (Lipinski definition) is 3. The highest BCUT2D eigenvalue weighted by molar-refractivity contribution is 5.82. The fourth-order valence-corrected chi connectivity index (χ4v) is 2.57. The predicted octanol–water partition coefficient (Wildman–Crippen LogP) is 1.91. The maximum atomic E-state index is 13.7. The van der Waals surface area contributed by atoms with Gasteiger partial charge in [-0.3, -0.25) is 9.88 Å². The van der Waals surface area contributed by atoms with Crippen LogP contribution < -0.4 is 5.73 Å². The third kappa shape index (κ3) is 2.09. The van der Waals surface area contributed by atoms with E-state index in [-0.39, 0.29) is 11.9 Å². The number of benzene rings is 1. The van der Waals surface area contributed by atoms with Gasteiger partial charge in [-0.1, -0.05) is 6.07 Å². The average molecular weight is 245 g/mol. The molecule has 0 amide bonds. The number of aromatic nitrogens is 1. The standard InChI is InChI=1S/C14H16FN3/c15-13-4-3-10(8-18-7-5-11(16)9-18)14-12(13)2-1-6-17-14/h1-4,6,11H,5,7-9,16H2/t11-/m0/s1. The van der Waals surface area contributed by atoms with Crippen LogP contribution in [0.2, 0.25) is 0 Å². The van der Waals surface area contributed by atoms with Crippen molar-refractivity contribution in [3.8, 4) is 0 Å². The minimum Gasteiger partial charge on any atom is -0.326 e. The van der Waals surface area contributed by atoms with Crippen LogP contribution in [-0.2, 0) is 6.54 Å². The second kappa shape index (κ2) is 4.63. The molecule has 0 aliphatic carbocycles. The van der Waals surface area contributed by atoms with Crippen LogP contribution in [-0.4, -0.2) is 29.0 Å². The summed E-state index contributed by atoms with van der Waals surface area (Å²) < 4.78 is 13.7. The number of fused-ring (bicyclic) bond motifs is 1. The molecule has 18 heavy (non-hydrogen) atoms. The second-order valence-electron chi connectivity index (χ2n) is 4.89. The largest absolute Gasteiger partial charge is 0.326 e. The first kappa shape index (κ1) is 11.6. The molecule has 1 aliphatic rings. The van der Waals surface area contributed by atoms with E-state index in [4.69, 9.17) is 5.73 Å². The molecule has 4 heteroatoms. The average Bonchev–Trinajstić information content (AvgIpc) is 2.79. The van der Waals surface area contributed by atoms with Gasteiger partial charge in [0.2, 0.25) is 0 Å². The van der Waals surface area contributed by atoms with Crippen molar-refractivity contribution in [3.63, 3.8) is 0 Å². The van der Waals surface area contributed by atoms with Crippen LogP contribution in [0.1, 0.15) is 12.0 Å². The molecule has 0 bridgehead atoms. The summed E-state index contributed by atoms with van der Waals surface area (Å²) in [4.78, 5) is 6.60. The van der Waals surface area contributed by atoms with Crippen molar-refractivity contribution in [1.82, 2.24) is 9.88 Å². The minimum absolute atomic E-state index is 0.208. The molecule has 1 aromatic heterocycles. The van der Waals surface area contributed by atoms with Crippen LogP contribution in [0.25, 0.3) is 10.9 Å². The lowest BCUT2D eigenvalue weighted by Crippen LogP contribution is -2.26. The lowest BCUT2D eigenvalue weighted by Gasteiger charge is -2.16. The van der Waals surface area contributed by atoms with Crippen LogP contribution in [0.5, 0.6) is 0 Å². The zero-order valence-corrected chi connectivity index (χ0v) is 10.1. The van der Waals surface area contributed by atoms with E-state index in [1.807, 2.05) is 6.07 Å². The highest BCUT2D eigenvalue weighted by Gasteiger charge is 2.20. The number of rotatable bonds is 2. The molecule has 1 aromatic carbocycles. The Balaban J connectivity index is 1.95. The van der Waals surface area contributed by atoms with Gasteiger partial charge in [-0.25, -0.2) is 4.39 Å². The Kier molecular flexibility index (Phi) is 2.97. The Labute approximate surface area is 105 Å². The molecule has 2 heterocycles. The Morgan fingerprint density at radius 2 is 2.28 bits per heavy atom. The highest BCUT2D eigenvalue weighted by atomic mass is 19.1. The second-order valence-corrected chi connectivity index (χ2v) is 4.89. The molecule has 94 valence electrons. The van der Waals surface area contributed by atoms with Crippen LogP contribution in [0.15, 0.2) is 30.5 Å². The summed E-state index contributed by atoms with van der Waals surface area (Å²) in [6.45, 7) is 2.71. The van der Waals surface area contributed by atoms with Gasteiger partial charge in [0.05, 0.1) is 5.52 Å². The van der Waals surface area contributed by atoms with Gasteiger partial charge >= 0.3 is 0 Å². The fourth-order valence-electron chi connectivity index (χ4n) is 2.57. The topological polar surface area (TPSA) is 42.1 Å². The quantitative estimate of drug-likeness (QED) is 0.878. The minimum atomic E-state index is -0.208. The Morgan fingerprint density at radius 3 is 3.06 bits per heavy atom. The summed E-state index contributed by atoms with van der Waals surface area (Å²) in [5.41, 5.74) is 7.73. The smallest absolute Gasteiger partial charge is 0.132 e. The van der Waals surface area contributed by atoms with Gasteiger partial charge in [-0.05, 0) is 30.2 Å². The summed E-state index contributed by atoms with van der Waals surface area (Å²) in [5, 5.41) is 0.596. The third-order valence-electron chi connectivity index (χ3n) is 3.50.